The van der Waals surface area contributed by atoms with E-state index >= 15 is 0 Å². The van der Waals surface area contributed by atoms with Gasteiger partial charge in [0.15, 0.2) is 0 Å². The third-order valence-corrected chi connectivity index (χ3v) is 4.38. The summed E-state index contributed by atoms with van der Waals surface area (Å²) in [5, 5.41) is 11.3. The smallest absolute Gasteiger partial charge is 0.317 e. The zero-order valence-corrected chi connectivity index (χ0v) is 12.2. The van der Waals surface area contributed by atoms with E-state index in [0.29, 0.717) is 19.6 Å². The van der Waals surface area contributed by atoms with E-state index in [1.165, 1.54) is 0 Å². The predicted molar refractivity (Wildman–Crippen MR) is 78.8 cm³/mol. The Morgan fingerprint density at radius 2 is 2.09 bits per heavy atom. The van der Waals surface area contributed by atoms with Crippen molar-refractivity contribution in [3.63, 3.8) is 0 Å². The number of urea groups is 1. The molecule has 0 saturated carbocycles. The second-order valence-corrected chi connectivity index (χ2v) is 5.98. The molecule has 1 saturated heterocycles. The highest BCUT2D eigenvalue weighted by molar-refractivity contribution is 5.75. The number of carbonyl (C=O) groups is 2. The number of carboxylic acid groups (broad SMARTS) is 1. The maximum Gasteiger partial charge on any atom is 0.317 e. The van der Waals surface area contributed by atoms with Gasteiger partial charge in [0, 0.05) is 43.9 Å². The third-order valence-electron chi connectivity index (χ3n) is 4.38. The maximum atomic E-state index is 12.1. The van der Waals surface area contributed by atoms with Crippen molar-refractivity contribution in [2.45, 2.75) is 25.3 Å². The quantitative estimate of drug-likeness (QED) is 0.848. The SMILES string of the molecule is O=C(O)CCNC(=O)N1C[C@@H]2C[C@H](C1)c1cccc(=O)n1C2. The number of pyridine rings is 1. The van der Waals surface area contributed by atoms with Gasteiger partial charge in [-0.1, -0.05) is 6.07 Å². The molecule has 2 amide bonds. The minimum Gasteiger partial charge on any atom is -0.481 e. The first-order valence-electron chi connectivity index (χ1n) is 7.49. The molecule has 1 aromatic rings. The number of aromatic nitrogens is 1. The summed E-state index contributed by atoms with van der Waals surface area (Å²) >= 11 is 0. The lowest BCUT2D eigenvalue weighted by Crippen LogP contribution is -2.52. The average molecular weight is 305 g/mol. The van der Waals surface area contributed by atoms with Gasteiger partial charge >= 0.3 is 12.0 Å². The van der Waals surface area contributed by atoms with E-state index in [4.69, 9.17) is 5.11 Å². The Kier molecular flexibility index (Phi) is 3.87. The van der Waals surface area contributed by atoms with Crippen LogP contribution in [0.2, 0.25) is 0 Å². The number of hydrogen-bond acceptors (Lipinski definition) is 3. The Balaban J connectivity index is 1.69. The summed E-state index contributed by atoms with van der Waals surface area (Å²) in [6.45, 7) is 1.95. The van der Waals surface area contributed by atoms with Crippen LogP contribution in [0.1, 0.15) is 24.5 Å². The molecule has 0 unspecified atom stereocenters. The summed E-state index contributed by atoms with van der Waals surface area (Å²) in [7, 11) is 0. The van der Waals surface area contributed by atoms with Gasteiger partial charge in [0.25, 0.3) is 5.56 Å². The first-order chi connectivity index (χ1) is 10.5. The summed E-state index contributed by atoms with van der Waals surface area (Å²) in [6, 6.07) is 5.07. The molecule has 7 nitrogen and oxygen atoms in total. The molecule has 2 N–H and O–H groups in total. The number of carboxylic acids is 1. The van der Waals surface area contributed by atoms with Crippen molar-refractivity contribution in [1.29, 1.82) is 0 Å². The van der Waals surface area contributed by atoms with E-state index in [9.17, 15) is 14.4 Å². The molecule has 3 rings (SSSR count). The summed E-state index contributed by atoms with van der Waals surface area (Å²) in [4.78, 5) is 36.3. The molecule has 118 valence electrons. The number of hydrogen-bond donors (Lipinski definition) is 2. The predicted octanol–water partition coefficient (Wildman–Crippen LogP) is 0.452. The van der Waals surface area contributed by atoms with E-state index in [2.05, 4.69) is 5.32 Å². The van der Waals surface area contributed by atoms with E-state index in [-0.39, 0.29) is 36.4 Å². The van der Waals surface area contributed by atoms with Gasteiger partial charge < -0.3 is 19.9 Å². The van der Waals surface area contributed by atoms with E-state index < -0.39 is 5.97 Å². The summed E-state index contributed by atoms with van der Waals surface area (Å²) in [5.41, 5.74) is 1.01. The van der Waals surface area contributed by atoms with Crippen LogP contribution in [-0.2, 0) is 11.3 Å². The second-order valence-electron chi connectivity index (χ2n) is 5.98. The number of amides is 2. The van der Waals surface area contributed by atoms with Crippen molar-refractivity contribution < 1.29 is 14.7 Å². The van der Waals surface area contributed by atoms with Crippen LogP contribution >= 0.6 is 0 Å². The van der Waals surface area contributed by atoms with Crippen LogP contribution in [0.15, 0.2) is 23.0 Å². The Morgan fingerprint density at radius 1 is 1.27 bits per heavy atom. The molecule has 1 aromatic heterocycles. The van der Waals surface area contributed by atoms with E-state index in [0.717, 1.165) is 12.1 Å². The fourth-order valence-electron chi connectivity index (χ4n) is 3.45. The molecule has 2 atom stereocenters. The summed E-state index contributed by atoms with van der Waals surface area (Å²) in [6.07, 6.45) is 0.910. The van der Waals surface area contributed by atoms with E-state index in [1.54, 1.807) is 17.0 Å². The topological polar surface area (TPSA) is 91.6 Å². The largest absolute Gasteiger partial charge is 0.481 e. The van der Waals surface area contributed by atoms with Gasteiger partial charge in [-0.25, -0.2) is 4.79 Å². The maximum absolute atomic E-state index is 12.1. The van der Waals surface area contributed by atoms with Crippen molar-refractivity contribution in [1.82, 2.24) is 14.8 Å². The standard InChI is InChI=1S/C15H19N3O4/c19-13-3-1-2-12-11-6-10(8-18(12)13)7-17(9-11)15(22)16-5-4-14(20)21/h1-3,10-11H,4-9H2,(H,16,22)(H,20,21)/t10-,11+/m0/s1. The van der Waals surface area contributed by atoms with Gasteiger partial charge in [0.05, 0.1) is 6.42 Å². The highest BCUT2D eigenvalue weighted by Crippen LogP contribution is 2.34. The molecule has 0 aliphatic carbocycles. The molecule has 7 heteroatoms. The molecule has 0 aromatic carbocycles. The molecule has 1 fully saturated rings. The van der Waals surface area contributed by atoms with Crippen molar-refractivity contribution in [2.75, 3.05) is 19.6 Å². The van der Waals surface area contributed by atoms with E-state index in [1.807, 2.05) is 10.6 Å². The van der Waals surface area contributed by atoms with Crippen LogP contribution in [0.4, 0.5) is 4.79 Å². The first-order valence-corrected chi connectivity index (χ1v) is 7.49. The Bertz CT molecular complexity index is 654. The van der Waals surface area contributed by atoms with Crippen LogP contribution < -0.4 is 10.9 Å². The number of carbonyl (C=O) groups excluding carboxylic acids is 1. The Labute approximate surface area is 127 Å². The lowest BCUT2D eigenvalue weighted by Gasteiger charge is -2.42. The fraction of sp³-hybridized carbons (Fsp3) is 0.533. The minimum absolute atomic E-state index is 0.0200. The third kappa shape index (κ3) is 2.84. The Hall–Kier alpha value is -2.31. The van der Waals surface area contributed by atoms with Gasteiger partial charge in [-0.15, -0.1) is 0 Å². The van der Waals surface area contributed by atoms with Crippen molar-refractivity contribution in [2.24, 2.45) is 5.92 Å². The molecule has 2 aliphatic rings. The van der Waals surface area contributed by atoms with Crippen molar-refractivity contribution in [3.8, 4) is 0 Å². The molecule has 2 bridgehead atoms. The molecule has 3 heterocycles. The number of fused-ring (bicyclic) bond motifs is 4. The van der Waals surface area contributed by atoms with Crippen molar-refractivity contribution >= 4 is 12.0 Å². The number of piperidine rings is 1. The fourth-order valence-corrected chi connectivity index (χ4v) is 3.45. The number of rotatable bonds is 3. The number of aliphatic carboxylic acids is 1. The second kappa shape index (κ2) is 5.82. The molecular formula is C15H19N3O4. The number of likely N-dealkylation sites (tertiary alicyclic amines) is 1. The van der Waals surface area contributed by atoms with Gasteiger partial charge in [0.2, 0.25) is 0 Å². The average Bonchev–Trinajstić information content (AvgIpc) is 2.48. The van der Waals surface area contributed by atoms with Crippen LogP contribution in [-0.4, -0.2) is 46.2 Å². The first kappa shape index (κ1) is 14.6. The monoisotopic (exact) mass is 305 g/mol. The van der Waals surface area contributed by atoms with Gasteiger partial charge in [-0.2, -0.15) is 0 Å². The minimum atomic E-state index is -0.927. The zero-order valence-electron chi connectivity index (χ0n) is 12.2. The van der Waals surface area contributed by atoms with Crippen LogP contribution in [0.5, 0.6) is 0 Å². The zero-order chi connectivity index (χ0) is 15.7. The van der Waals surface area contributed by atoms with Crippen LogP contribution in [0, 0.1) is 5.92 Å². The Morgan fingerprint density at radius 3 is 2.86 bits per heavy atom. The summed E-state index contributed by atoms with van der Waals surface area (Å²) in [5.74, 6) is -0.479. The highest BCUT2D eigenvalue weighted by Gasteiger charge is 2.36. The molecule has 0 spiro atoms. The number of nitrogens with zero attached hydrogens (tertiary/aromatic N) is 2. The van der Waals surface area contributed by atoms with Gasteiger partial charge in [0.1, 0.15) is 0 Å². The van der Waals surface area contributed by atoms with Crippen LogP contribution in [0.3, 0.4) is 0 Å². The van der Waals surface area contributed by atoms with Crippen LogP contribution in [0.25, 0.3) is 0 Å². The lowest BCUT2D eigenvalue weighted by atomic mass is 9.83. The number of nitrogens with one attached hydrogen (secondary N) is 1. The molecule has 22 heavy (non-hydrogen) atoms. The lowest BCUT2D eigenvalue weighted by molar-refractivity contribution is -0.136. The van der Waals surface area contributed by atoms with Gasteiger partial charge in [-0.3, -0.25) is 9.59 Å². The highest BCUT2D eigenvalue weighted by atomic mass is 16.4. The van der Waals surface area contributed by atoms with Crippen molar-refractivity contribution in [3.05, 3.63) is 34.2 Å². The van der Waals surface area contributed by atoms with Gasteiger partial charge in [-0.05, 0) is 18.4 Å². The molecule has 2 aliphatic heterocycles. The summed E-state index contributed by atoms with van der Waals surface area (Å²) < 4.78 is 1.82. The molecule has 0 radical (unpaired) electrons. The normalized spacial score (nSPS) is 22.8. The molecular weight excluding hydrogens is 286 g/mol.